The van der Waals surface area contributed by atoms with E-state index in [1.807, 2.05) is 13.8 Å². The summed E-state index contributed by atoms with van der Waals surface area (Å²) in [6, 6.07) is 0. The molecule has 130 valence electrons. The van der Waals surface area contributed by atoms with Gasteiger partial charge in [0.25, 0.3) is 5.82 Å². The molecule has 8 heteroatoms. The van der Waals surface area contributed by atoms with E-state index in [0.29, 0.717) is 18.1 Å². The van der Waals surface area contributed by atoms with Crippen molar-refractivity contribution in [3.63, 3.8) is 0 Å². The van der Waals surface area contributed by atoms with Gasteiger partial charge in [0.15, 0.2) is 11.5 Å². The molecule has 1 spiro atoms. The predicted octanol–water partition coefficient (Wildman–Crippen LogP) is 1.80. The highest BCUT2D eigenvalue weighted by molar-refractivity contribution is 5.89. The van der Waals surface area contributed by atoms with Crippen molar-refractivity contribution >= 4 is 23.7 Å². The Morgan fingerprint density at radius 3 is 2.70 bits per heavy atom. The lowest BCUT2D eigenvalue weighted by molar-refractivity contribution is -0.0969. The number of hydrogen-bond donors (Lipinski definition) is 2. The molecule has 1 saturated heterocycles. The van der Waals surface area contributed by atoms with Gasteiger partial charge in [0, 0.05) is 19.6 Å². The van der Waals surface area contributed by atoms with Gasteiger partial charge in [-0.15, -0.1) is 0 Å². The minimum atomic E-state index is -0.167. The number of nitrogen functional groups attached to an aromatic ring is 1. The lowest BCUT2D eigenvalue weighted by Crippen LogP contribution is -2.43. The molecule has 0 saturated carbocycles. The van der Waals surface area contributed by atoms with Gasteiger partial charge in [0.05, 0.1) is 6.61 Å². The number of aliphatic hydroxyl groups is 1. The number of anilines is 1. The van der Waals surface area contributed by atoms with E-state index in [2.05, 4.69) is 15.0 Å². The maximum Gasteiger partial charge on any atom is 0.298 e. The first kappa shape index (κ1) is 19.4. The first-order valence-electron chi connectivity index (χ1n) is 7.88. The van der Waals surface area contributed by atoms with Crippen LogP contribution in [0.5, 0.6) is 0 Å². The van der Waals surface area contributed by atoms with Crippen molar-refractivity contribution < 1.29 is 14.7 Å². The normalized spacial score (nSPS) is 24.0. The van der Waals surface area contributed by atoms with E-state index in [-0.39, 0.29) is 16.9 Å². The molecule has 3 heterocycles. The Morgan fingerprint density at radius 2 is 2.09 bits per heavy atom. The standard InChI is InChI=1S/C10H14N5O2.C3H8O.C2H6/c1-16-4-7-2-3-15(17-7)6-14-8-9(11)12-5-13-10(8)15;1-3(2)4;1-2/h5-7H,2-4H2,1H3,(H2,11,12,13);3-4H,1-2H3;1-2H3/q+1;;. The molecule has 23 heavy (non-hydrogen) atoms. The molecule has 0 radical (unpaired) electrons. The summed E-state index contributed by atoms with van der Waals surface area (Å²) >= 11 is 0. The summed E-state index contributed by atoms with van der Waals surface area (Å²) < 4.78 is 5.31. The number of aromatic nitrogens is 2. The maximum atomic E-state index is 8.06. The number of aliphatic hydroxyl groups excluding tert-OH is 1. The molecule has 2 aliphatic rings. The van der Waals surface area contributed by atoms with Crippen LogP contribution in [0.4, 0.5) is 17.3 Å². The first-order chi connectivity index (χ1) is 11.0. The molecule has 2 atom stereocenters. The molecule has 3 rings (SSSR count). The molecule has 2 aliphatic heterocycles. The molecule has 1 fully saturated rings. The van der Waals surface area contributed by atoms with Crippen LogP contribution in [-0.4, -0.2) is 53.9 Å². The highest BCUT2D eigenvalue weighted by Crippen LogP contribution is 2.42. The number of hydrogen-bond acceptors (Lipinski definition) is 7. The van der Waals surface area contributed by atoms with E-state index >= 15 is 0 Å². The van der Waals surface area contributed by atoms with Crippen molar-refractivity contribution in [2.24, 2.45) is 4.99 Å². The van der Waals surface area contributed by atoms with Crippen LogP contribution in [0.3, 0.4) is 0 Å². The van der Waals surface area contributed by atoms with Gasteiger partial charge >= 0.3 is 0 Å². The molecule has 3 N–H and O–H groups in total. The van der Waals surface area contributed by atoms with Crippen molar-refractivity contribution in [1.82, 2.24) is 14.6 Å². The fourth-order valence-electron chi connectivity index (χ4n) is 2.24. The van der Waals surface area contributed by atoms with Gasteiger partial charge in [-0.3, -0.25) is 0 Å². The summed E-state index contributed by atoms with van der Waals surface area (Å²) in [5.41, 5.74) is 6.38. The van der Waals surface area contributed by atoms with Gasteiger partial charge in [0.1, 0.15) is 19.0 Å². The Balaban J connectivity index is 0.000000388. The highest BCUT2D eigenvalue weighted by Gasteiger charge is 2.48. The number of ether oxygens (including phenoxy) is 1. The molecule has 0 bridgehead atoms. The Morgan fingerprint density at radius 1 is 1.43 bits per heavy atom. The molecule has 0 aromatic carbocycles. The van der Waals surface area contributed by atoms with Gasteiger partial charge in [-0.05, 0) is 13.8 Å². The summed E-state index contributed by atoms with van der Waals surface area (Å²) in [7, 11) is 1.66. The van der Waals surface area contributed by atoms with Gasteiger partial charge < -0.3 is 15.6 Å². The number of quaternary nitrogens is 1. The zero-order chi connectivity index (χ0) is 17.5. The molecule has 8 nitrogen and oxygen atoms in total. The summed E-state index contributed by atoms with van der Waals surface area (Å²) in [4.78, 5) is 18.4. The second-order valence-corrected chi connectivity index (χ2v) is 5.26. The smallest absolute Gasteiger partial charge is 0.298 e. The van der Waals surface area contributed by atoms with Crippen molar-refractivity contribution in [3.05, 3.63) is 6.33 Å². The van der Waals surface area contributed by atoms with Crippen LogP contribution < -0.4 is 10.4 Å². The summed E-state index contributed by atoms with van der Waals surface area (Å²) in [6.07, 6.45) is 3.97. The second kappa shape index (κ2) is 8.88. The van der Waals surface area contributed by atoms with E-state index in [0.717, 1.165) is 18.8 Å². The van der Waals surface area contributed by atoms with Crippen molar-refractivity contribution in [3.8, 4) is 0 Å². The molecule has 2 unspecified atom stereocenters. The van der Waals surface area contributed by atoms with E-state index < -0.39 is 0 Å². The van der Waals surface area contributed by atoms with Crippen LogP contribution >= 0.6 is 0 Å². The van der Waals surface area contributed by atoms with Gasteiger partial charge in [-0.1, -0.05) is 18.5 Å². The van der Waals surface area contributed by atoms with E-state index in [1.165, 1.54) is 6.33 Å². The fraction of sp³-hybridized carbons (Fsp3) is 0.667. The SMILES string of the molecule is CC.CC(C)O.COCC1CC[N+]2(C=Nc3c(N)ncnc32)O1. The van der Waals surface area contributed by atoms with Crippen LogP contribution in [-0.2, 0) is 9.57 Å². The third-order valence-electron chi connectivity index (χ3n) is 3.04. The van der Waals surface area contributed by atoms with Crippen LogP contribution in [0.15, 0.2) is 11.3 Å². The fourth-order valence-corrected chi connectivity index (χ4v) is 2.24. The number of methoxy groups -OCH3 is 1. The van der Waals surface area contributed by atoms with E-state index in [4.69, 9.17) is 20.4 Å². The lowest BCUT2D eigenvalue weighted by Gasteiger charge is -2.20. The molecular weight excluding hydrogens is 298 g/mol. The Bertz CT molecular complexity index is 521. The number of fused-ring (bicyclic) bond motifs is 2. The Labute approximate surface area is 137 Å². The zero-order valence-corrected chi connectivity index (χ0v) is 14.6. The number of aliphatic imine (C=N–C) groups is 1. The average Bonchev–Trinajstić information content (AvgIpc) is 3.08. The van der Waals surface area contributed by atoms with Crippen LogP contribution in [0.2, 0.25) is 0 Å². The predicted molar refractivity (Wildman–Crippen MR) is 91.3 cm³/mol. The van der Waals surface area contributed by atoms with E-state index in [1.54, 1.807) is 27.3 Å². The average molecular weight is 326 g/mol. The van der Waals surface area contributed by atoms with Crippen LogP contribution in [0.1, 0.15) is 34.1 Å². The Hall–Kier alpha value is -1.61. The molecule has 0 amide bonds. The monoisotopic (exact) mass is 326 g/mol. The molecular formula is C15H28N5O3+. The quantitative estimate of drug-likeness (QED) is 0.803. The topological polar surface area (TPSA) is 103 Å². The zero-order valence-electron chi connectivity index (χ0n) is 14.6. The van der Waals surface area contributed by atoms with Crippen LogP contribution in [0.25, 0.3) is 0 Å². The first-order valence-corrected chi connectivity index (χ1v) is 7.88. The van der Waals surface area contributed by atoms with Crippen molar-refractivity contribution in [1.29, 1.82) is 0 Å². The largest absolute Gasteiger partial charge is 0.394 e. The number of nitrogens with zero attached hydrogens (tertiary/aromatic N) is 4. The molecule has 1 aromatic heterocycles. The summed E-state index contributed by atoms with van der Waals surface area (Å²) in [5.74, 6) is 1.11. The molecule has 1 aromatic rings. The third kappa shape index (κ3) is 4.68. The minimum Gasteiger partial charge on any atom is -0.394 e. The Kier molecular flexibility index (Phi) is 7.50. The third-order valence-corrected chi connectivity index (χ3v) is 3.04. The van der Waals surface area contributed by atoms with Crippen LogP contribution in [0, 0.1) is 0 Å². The summed E-state index contributed by atoms with van der Waals surface area (Å²) in [6.45, 7) is 8.81. The van der Waals surface area contributed by atoms with Crippen molar-refractivity contribution in [2.75, 3.05) is 26.0 Å². The highest BCUT2D eigenvalue weighted by atomic mass is 16.7. The van der Waals surface area contributed by atoms with Gasteiger partial charge in [-0.2, -0.15) is 14.8 Å². The van der Waals surface area contributed by atoms with Crippen molar-refractivity contribution in [2.45, 2.75) is 46.3 Å². The van der Waals surface area contributed by atoms with Gasteiger partial charge in [0.2, 0.25) is 6.34 Å². The maximum absolute atomic E-state index is 8.06. The van der Waals surface area contributed by atoms with Gasteiger partial charge in [-0.25, -0.2) is 4.98 Å². The molecule has 0 aliphatic carbocycles. The van der Waals surface area contributed by atoms with E-state index in [9.17, 15) is 0 Å². The summed E-state index contributed by atoms with van der Waals surface area (Å²) in [5, 5.41) is 8.06. The minimum absolute atomic E-state index is 0.0635. The number of rotatable bonds is 2. The number of nitrogens with two attached hydrogens (primary N) is 1. The number of hydroxylamine groups is 2. The second-order valence-electron chi connectivity index (χ2n) is 5.26. The lowest BCUT2D eigenvalue weighted by atomic mass is 10.3.